The van der Waals surface area contributed by atoms with E-state index < -0.39 is 0 Å². The molecule has 2 aromatic rings. The minimum absolute atomic E-state index is 0.790. The van der Waals surface area contributed by atoms with Crippen LogP contribution in [0.25, 0.3) is 6.08 Å². The zero-order chi connectivity index (χ0) is 31.3. The van der Waals surface area contributed by atoms with Gasteiger partial charge >= 0.3 is 0 Å². The highest BCUT2D eigenvalue weighted by Gasteiger charge is 2.19. The third-order valence-corrected chi connectivity index (χ3v) is 9.57. The lowest BCUT2D eigenvalue weighted by atomic mass is 9.88. The van der Waals surface area contributed by atoms with Crippen molar-refractivity contribution in [2.45, 2.75) is 118 Å². The van der Waals surface area contributed by atoms with Gasteiger partial charge in [-0.3, -0.25) is 0 Å². The van der Waals surface area contributed by atoms with Gasteiger partial charge < -0.3 is 10.6 Å². The van der Waals surface area contributed by atoms with Crippen molar-refractivity contribution in [2.75, 3.05) is 10.6 Å². The van der Waals surface area contributed by atoms with Crippen molar-refractivity contribution in [3.63, 3.8) is 0 Å². The van der Waals surface area contributed by atoms with Crippen LogP contribution < -0.4 is 10.6 Å². The molecule has 2 fully saturated rings. The van der Waals surface area contributed by atoms with E-state index in [9.17, 15) is 0 Å². The Labute approximate surface area is 273 Å². The van der Waals surface area contributed by atoms with E-state index in [0.29, 0.717) is 0 Å². The van der Waals surface area contributed by atoms with E-state index in [1.54, 1.807) is 0 Å². The quantitative estimate of drug-likeness (QED) is 0.247. The molecule has 2 aromatic carbocycles. The lowest BCUT2D eigenvalue weighted by Crippen LogP contribution is -2.10. The molecule has 0 unspecified atom stereocenters. The smallest absolute Gasteiger partial charge is 0.0435 e. The number of nitrogens with one attached hydrogen (secondary N) is 2. The number of hydrogen-bond donors (Lipinski definition) is 2. The molecular weight excluding hydrogens is 556 g/mol. The van der Waals surface area contributed by atoms with Crippen LogP contribution in [0.1, 0.15) is 121 Å². The van der Waals surface area contributed by atoms with E-state index in [1.165, 1.54) is 115 Å². The van der Waals surface area contributed by atoms with Gasteiger partial charge in [-0.15, -0.1) is 0 Å². The molecule has 2 nitrogen and oxygen atoms in total. The van der Waals surface area contributed by atoms with Crippen LogP contribution in [-0.4, -0.2) is 0 Å². The number of aryl methyl sites for hydroxylation is 2. The largest absolute Gasteiger partial charge is 0.359 e. The number of hydrogen-bond acceptors (Lipinski definition) is 2. The Bertz CT molecular complexity index is 1380. The van der Waals surface area contributed by atoms with Gasteiger partial charge in [-0.05, 0) is 128 Å². The van der Waals surface area contributed by atoms with Gasteiger partial charge in [0.1, 0.15) is 0 Å². The summed E-state index contributed by atoms with van der Waals surface area (Å²) in [6.07, 6.45) is 26.5. The predicted molar refractivity (Wildman–Crippen MR) is 195 cm³/mol. The van der Waals surface area contributed by atoms with Gasteiger partial charge in [-0.25, -0.2) is 0 Å². The Morgan fingerprint density at radius 3 is 2.43 bits per heavy atom. The summed E-state index contributed by atoms with van der Waals surface area (Å²) in [4.78, 5) is 0. The van der Waals surface area contributed by atoms with Crippen LogP contribution in [0.4, 0.5) is 11.4 Å². The van der Waals surface area contributed by atoms with Crippen molar-refractivity contribution < 1.29 is 0 Å². The van der Waals surface area contributed by atoms with Crippen LogP contribution in [0, 0.1) is 12.8 Å². The second kappa shape index (κ2) is 17.5. The molecular formula is C41H55ClN2. The van der Waals surface area contributed by atoms with Crippen LogP contribution in [0.3, 0.4) is 0 Å². The lowest BCUT2D eigenvalue weighted by molar-refractivity contribution is 0.349. The highest BCUT2D eigenvalue weighted by molar-refractivity contribution is 6.30. The van der Waals surface area contributed by atoms with Gasteiger partial charge in [0.05, 0.1) is 0 Å². The molecule has 1 aliphatic heterocycles. The maximum absolute atomic E-state index is 6.34. The Hall–Kier alpha value is -2.97. The average Bonchev–Trinajstić information content (AvgIpc) is 3.89. The fourth-order valence-corrected chi connectivity index (χ4v) is 6.49. The van der Waals surface area contributed by atoms with Crippen LogP contribution in [0.2, 0.25) is 5.02 Å². The van der Waals surface area contributed by atoms with Gasteiger partial charge in [-0.2, -0.15) is 0 Å². The monoisotopic (exact) mass is 610 g/mol. The highest BCUT2D eigenvalue weighted by Crippen LogP contribution is 2.36. The number of anilines is 2. The molecule has 44 heavy (non-hydrogen) atoms. The lowest BCUT2D eigenvalue weighted by Gasteiger charge is -2.22. The molecule has 236 valence electrons. The van der Waals surface area contributed by atoms with Gasteiger partial charge in [0.15, 0.2) is 0 Å². The molecule has 2 N–H and O–H groups in total. The zero-order valence-corrected chi connectivity index (χ0v) is 28.6. The zero-order valence-electron chi connectivity index (χ0n) is 27.8. The standard InChI is InChI=1S/C33H39ClN2.C8H16/c1-5-8-10-27(19-28-20-29(34)16-11-23(28)4)24(7-3)21-32(25-12-13-25)36-31-18-15-26-14-17-30(9-6-2)35-33(26)22-31;1-2-8-6-4-3-5-7-8/h6,9,11,15-16,18-22,35-36H,2,5,7-8,10,12-14,17H2,1,3-4H3;8H,2-7H2,1H3/b24-21+,27-19+,30-9-;. The first kappa shape index (κ1) is 33.9. The molecule has 3 aliphatic rings. The van der Waals surface area contributed by atoms with Crippen LogP contribution in [0.15, 0.2) is 89.3 Å². The first-order valence-corrected chi connectivity index (χ1v) is 17.7. The number of unbranched alkanes of at least 4 members (excludes halogenated alkanes) is 1. The molecule has 0 saturated heterocycles. The summed E-state index contributed by atoms with van der Waals surface area (Å²) >= 11 is 6.34. The Morgan fingerprint density at radius 1 is 0.977 bits per heavy atom. The van der Waals surface area contributed by atoms with Gasteiger partial charge in [-0.1, -0.05) is 108 Å². The number of allylic oxidation sites excluding steroid dienone is 7. The Morgan fingerprint density at radius 2 is 1.77 bits per heavy atom. The van der Waals surface area contributed by atoms with Gasteiger partial charge in [0, 0.05) is 27.8 Å². The summed E-state index contributed by atoms with van der Waals surface area (Å²) in [7, 11) is 0. The van der Waals surface area contributed by atoms with Crippen molar-refractivity contribution >= 4 is 29.1 Å². The molecule has 0 amide bonds. The van der Waals surface area contributed by atoms with Gasteiger partial charge in [0.25, 0.3) is 0 Å². The van der Waals surface area contributed by atoms with Crippen LogP contribution >= 0.6 is 11.6 Å². The minimum Gasteiger partial charge on any atom is -0.359 e. The SMILES string of the molecule is C=C/C=C1/CCc2ccc(NC(/C=C(CC)/C(=C/c3cc(Cl)ccc3C)CCCC)=C3CC3)cc2N1.CCC1CCCCC1. The van der Waals surface area contributed by atoms with Gasteiger partial charge in [0.2, 0.25) is 0 Å². The van der Waals surface area contributed by atoms with E-state index in [1.807, 2.05) is 12.1 Å². The molecule has 0 spiro atoms. The fraction of sp³-hybridized carbons (Fsp3) is 0.463. The van der Waals surface area contributed by atoms with E-state index in [2.05, 4.69) is 93.5 Å². The third kappa shape index (κ3) is 10.3. The average molecular weight is 611 g/mol. The van der Waals surface area contributed by atoms with Crippen molar-refractivity contribution in [2.24, 2.45) is 5.92 Å². The molecule has 5 rings (SSSR count). The molecule has 1 heterocycles. The summed E-state index contributed by atoms with van der Waals surface area (Å²) < 4.78 is 0. The van der Waals surface area contributed by atoms with Crippen molar-refractivity contribution in [1.29, 1.82) is 0 Å². The molecule has 0 radical (unpaired) electrons. The van der Waals surface area contributed by atoms with Crippen LogP contribution in [-0.2, 0) is 6.42 Å². The molecule has 2 saturated carbocycles. The summed E-state index contributed by atoms with van der Waals surface area (Å²) in [5.41, 5.74) is 13.0. The van der Waals surface area contributed by atoms with Crippen molar-refractivity contribution in [3.05, 3.63) is 111 Å². The van der Waals surface area contributed by atoms with Crippen molar-refractivity contribution in [1.82, 2.24) is 0 Å². The van der Waals surface area contributed by atoms with E-state index in [-0.39, 0.29) is 0 Å². The number of rotatable bonds is 11. The Kier molecular flexibility index (Phi) is 13.5. The van der Waals surface area contributed by atoms with Crippen molar-refractivity contribution in [3.8, 4) is 0 Å². The number of halogens is 1. The Balaban J connectivity index is 0.000000479. The number of fused-ring (bicyclic) bond motifs is 1. The summed E-state index contributed by atoms with van der Waals surface area (Å²) in [6, 6.07) is 12.9. The molecule has 0 bridgehead atoms. The predicted octanol–water partition coefficient (Wildman–Crippen LogP) is 13.1. The topological polar surface area (TPSA) is 24.1 Å². The second-order valence-electron chi connectivity index (χ2n) is 12.8. The number of benzene rings is 2. The van der Waals surface area contributed by atoms with Crippen LogP contribution in [0.5, 0.6) is 0 Å². The summed E-state index contributed by atoms with van der Waals surface area (Å²) in [6.45, 7) is 12.8. The first-order valence-electron chi connectivity index (χ1n) is 17.3. The van der Waals surface area contributed by atoms with E-state index >= 15 is 0 Å². The fourth-order valence-electron chi connectivity index (χ4n) is 6.31. The molecule has 3 heteroatoms. The molecule has 0 aromatic heterocycles. The maximum atomic E-state index is 6.34. The summed E-state index contributed by atoms with van der Waals surface area (Å²) in [5.74, 6) is 1.09. The third-order valence-electron chi connectivity index (χ3n) is 9.33. The maximum Gasteiger partial charge on any atom is 0.0435 e. The first-order chi connectivity index (χ1) is 21.4. The minimum atomic E-state index is 0.790. The van der Waals surface area contributed by atoms with E-state index in [0.717, 1.165) is 42.3 Å². The van der Waals surface area contributed by atoms with E-state index in [4.69, 9.17) is 11.6 Å². The summed E-state index contributed by atoms with van der Waals surface area (Å²) in [5, 5.41) is 8.15. The highest BCUT2D eigenvalue weighted by atomic mass is 35.5. The molecule has 0 atom stereocenters. The normalized spacial score (nSPS) is 17.8. The second-order valence-corrected chi connectivity index (χ2v) is 13.2. The molecule has 2 aliphatic carbocycles.